The predicted octanol–water partition coefficient (Wildman–Crippen LogP) is 3.42. The molecule has 1 aliphatic heterocycles. The first-order valence-electron chi connectivity index (χ1n) is 6.55. The summed E-state index contributed by atoms with van der Waals surface area (Å²) < 4.78 is 5.67. The molecule has 0 saturated heterocycles. The molecule has 0 unspecified atom stereocenters. The first-order chi connectivity index (χ1) is 9.60. The van der Waals surface area contributed by atoms with Crippen molar-refractivity contribution in [2.45, 2.75) is 13.8 Å². The van der Waals surface area contributed by atoms with Crippen LogP contribution in [0.4, 0.5) is 17.1 Å². The highest BCUT2D eigenvalue weighted by Crippen LogP contribution is 2.32. The molecule has 0 atom stereocenters. The SMILES string of the molecule is Cc1cc(C)cc(NC2=Nc3cc(N)ccc3OC2)c1. The highest BCUT2D eigenvalue weighted by Gasteiger charge is 2.13. The molecular weight excluding hydrogens is 250 g/mol. The van der Waals surface area contributed by atoms with Gasteiger partial charge < -0.3 is 15.8 Å². The van der Waals surface area contributed by atoms with E-state index in [9.17, 15) is 0 Å². The molecule has 4 heteroatoms. The van der Waals surface area contributed by atoms with E-state index in [1.54, 1.807) is 0 Å². The van der Waals surface area contributed by atoms with Crippen molar-refractivity contribution in [2.75, 3.05) is 17.7 Å². The van der Waals surface area contributed by atoms with Gasteiger partial charge in [-0.25, -0.2) is 4.99 Å². The third-order valence-corrected chi connectivity index (χ3v) is 3.11. The van der Waals surface area contributed by atoms with Gasteiger partial charge >= 0.3 is 0 Å². The van der Waals surface area contributed by atoms with Crippen molar-refractivity contribution in [1.29, 1.82) is 0 Å². The summed E-state index contributed by atoms with van der Waals surface area (Å²) in [5.41, 5.74) is 10.7. The lowest BCUT2D eigenvalue weighted by Crippen LogP contribution is -2.23. The highest BCUT2D eigenvalue weighted by atomic mass is 16.5. The molecule has 1 aliphatic rings. The average molecular weight is 267 g/mol. The Labute approximate surface area is 118 Å². The van der Waals surface area contributed by atoms with Crippen LogP contribution in [0.1, 0.15) is 11.1 Å². The van der Waals surface area contributed by atoms with Gasteiger partial charge in [0.2, 0.25) is 0 Å². The number of rotatable bonds is 1. The van der Waals surface area contributed by atoms with E-state index < -0.39 is 0 Å². The fourth-order valence-corrected chi connectivity index (χ4v) is 2.35. The van der Waals surface area contributed by atoms with Gasteiger partial charge in [0.05, 0.1) is 0 Å². The fraction of sp³-hybridized carbons (Fsp3) is 0.188. The molecule has 1 heterocycles. The van der Waals surface area contributed by atoms with Crippen molar-refractivity contribution >= 4 is 22.9 Å². The second-order valence-electron chi connectivity index (χ2n) is 5.08. The van der Waals surface area contributed by atoms with Gasteiger partial charge in [0, 0.05) is 11.4 Å². The number of nitrogens with zero attached hydrogens (tertiary/aromatic N) is 1. The lowest BCUT2D eigenvalue weighted by Gasteiger charge is -2.18. The van der Waals surface area contributed by atoms with Crippen LogP contribution in [-0.2, 0) is 0 Å². The van der Waals surface area contributed by atoms with E-state index in [0.717, 1.165) is 23.0 Å². The maximum absolute atomic E-state index is 5.77. The van der Waals surface area contributed by atoms with Crippen molar-refractivity contribution in [3.05, 3.63) is 47.5 Å². The zero-order valence-corrected chi connectivity index (χ0v) is 11.6. The van der Waals surface area contributed by atoms with Crippen LogP contribution in [0.3, 0.4) is 0 Å². The van der Waals surface area contributed by atoms with Crippen LogP contribution in [0.15, 0.2) is 41.4 Å². The summed E-state index contributed by atoms with van der Waals surface area (Å²) >= 11 is 0. The van der Waals surface area contributed by atoms with E-state index in [0.29, 0.717) is 12.3 Å². The van der Waals surface area contributed by atoms with E-state index >= 15 is 0 Å². The van der Waals surface area contributed by atoms with Crippen LogP contribution in [0.25, 0.3) is 0 Å². The van der Waals surface area contributed by atoms with E-state index in [4.69, 9.17) is 10.5 Å². The summed E-state index contributed by atoms with van der Waals surface area (Å²) in [6, 6.07) is 11.8. The van der Waals surface area contributed by atoms with Gasteiger partial charge in [0.25, 0.3) is 0 Å². The van der Waals surface area contributed by atoms with E-state index in [-0.39, 0.29) is 0 Å². The van der Waals surface area contributed by atoms with Crippen LogP contribution >= 0.6 is 0 Å². The molecule has 0 fully saturated rings. The van der Waals surface area contributed by atoms with Gasteiger partial charge in [-0.3, -0.25) is 0 Å². The number of anilines is 2. The van der Waals surface area contributed by atoms with Crippen LogP contribution < -0.4 is 15.8 Å². The maximum atomic E-state index is 5.77. The Hall–Kier alpha value is -2.49. The Balaban J connectivity index is 1.88. The van der Waals surface area contributed by atoms with Gasteiger partial charge in [0.1, 0.15) is 23.9 Å². The fourth-order valence-electron chi connectivity index (χ4n) is 2.35. The Bertz CT molecular complexity index is 672. The Morgan fingerprint density at radius 2 is 1.85 bits per heavy atom. The molecule has 3 N–H and O–H groups in total. The molecule has 2 aromatic rings. The number of ether oxygens (including phenoxy) is 1. The maximum Gasteiger partial charge on any atom is 0.146 e. The first kappa shape index (κ1) is 12.5. The summed E-state index contributed by atoms with van der Waals surface area (Å²) in [5.74, 6) is 1.55. The number of aliphatic imine (C=N–C) groups is 1. The molecular formula is C16H17N3O. The third-order valence-electron chi connectivity index (χ3n) is 3.11. The van der Waals surface area contributed by atoms with Gasteiger partial charge in [-0.2, -0.15) is 0 Å². The first-order valence-corrected chi connectivity index (χ1v) is 6.55. The predicted molar refractivity (Wildman–Crippen MR) is 83.0 cm³/mol. The molecule has 0 saturated carbocycles. The number of benzene rings is 2. The van der Waals surface area contributed by atoms with Crippen LogP contribution in [0, 0.1) is 13.8 Å². The van der Waals surface area contributed by atoms with Crippen molar-refractivity contribution in [2.24, 2.45) is 4.99 Å². The monoisotopic (exact) mass is 267 g/mol. The number of aryl methyl sites for hydroxylation is 2. The molecule has 102 valence electrons. The minimum Gasteiger partial charge on any atom is -0.483 e. The Kier molecular flexibility index (Phi) is 3.06. The molecule has 0 spiro atoms. The number of amidine groups is 1. The van der Waals surface area contributed by atoms with Crippen molar-refractivity contribution < 1.29 is 4.74 Å². The number of nitrogen functional groups attached to an aromatic ring is 1. The molecule has 0 aromatic heterocycles. The summed E-state index contributed by atoms with van der Waals surface area (Å²) in [6.45, 7) is 4.59. The summed E-state index contributed by atoms with van der Waals surface area (Å²) in [6.07, 6.45) is 0. The molecule has 0 bridgehead atoms. The standard InChI is InChI=1S/C16H17N3O/c1-10-5-11(2)7-13(6-10)18-16-9-20-15-4-3-12(17)8-14(15)19-16/h3-8H,9,17H2,1-2H3,(H,18,19). The molecule has 0 radical (unpaired) electrons. The average Bonchev–Trinajstić information content (AvgIpc) is 2.37. The zero-order chi connectivity index (χ0) is 14.1. The van der Waals surface area contributed by atoms with E-state index in [1.807, 2.05) is 18.2 Å². The molecule has 3 rings (SSSR count). The van der Waals surface area contributed by atoms with Crippen molar-refractivity contribution in [1.82, 2.24) is 0 Å². The smallest absolute Gasteiger partial charge is 0.146 e. The Morgan fingerprint density at radius 1 is 1.10 bits per heavy atom. The van der Waals surface area contributed by atoms with Crippen molar-refractivity contribution in [3.63, 3.8) is 0 Å². The minimum absolute atomic E-state index is 0.434. The third kappa shape index (κ3) is 2.59. The molecule has 0 aliphatic carbocycles. The van der Waals surface area contributed by atoms with E-state index in [2.05, 4.69) is 42.4 Å². The van der Waals surface area contributed by atoms with Crippen LogP contribution in [-0.4, -0.2) is 12.4 Å². The number of hydrogen-bond acceptors (Lipinski definition) is 4. The van der Waals surface area contributed by atoms with Crippen molar-refractivity contribution in [3.8, 4) is 5.75 Å². The molecule has 20 heavy (non-hydrogen) atoms. The normalized spacial score (nSPS) is 13.2. The lowest BCUT2D eigenvalue weighted by atomic mass is 10.1. The Morgan fingerprint density at radius 3 is 2.60 bits per heavy atom. The number of nitrogens with two attached hydrogens (primary N) is 1. The number of fused-ring (bicyclic) bond motifs is 1. The largest absolute Gasteiger partial charge is 0.483 e. The summed E-state index contributed by atoms with van der Waals surface area (Å²) in [4.78, 5) is 4.56. The number of nitrogens with one attached hydrogen (secondary N) is 1. The zero-order valence-electron chi connectivity index (χ0n) is 11.6. The van der Waals surface area contributed by atoms with Gasteiger partial charge in [-0.15, -0.1) is 0 Å². The summed E-state index contributed by atoms with van der Waals surface area (Å²) in [7, 11) is 0. The number of hydrogen-bond donors (Lipinski definition) is 2. The lowest BCUT2D eigenvalue weighted by molar-refractivity contribution is 0.372. The van der Waals surface area contributed by atoms with Gasteiger partial charge in [-0.05, 0) is 55.3 Å². The summed E-state index contributed by atoms with van der Waals surface area (Å²) in [5, 5.41) is 3.31. The van der Waals surface area contributed by atoms with Crippen LogP contribution in [0.5, 0.6) is 5.75 Å². The molecule has 0 amide bonds. The second-order valence-corrected chi connectivity index (χ2v) is 5.08. The van der Waals surface area contributed by atoms with Gasteiger partial charge in [0.15, 0.2) is 0 Å². The second kappa shape index (κ2) is 4.89. The van der Waals surface area contributed by atoms with Crippen LogP contribution in [0.2, 0.25) is 0 Å². The minimum atomic E-state index is 0.434. The van der Waals surface area contributed by atoms with E-state index in [1.165, 1.54) is 11.1 Å². The molecule has 4 nitrogen and oxygen atoms in total. The quantitative estimate of drug-likeness (QED) is 0.778. The highest BCUT2D eigenvalue weighted by molar-refractivity contribution is 5.99. The molecule has 2 aromatic carbocycles. The topological polar surface area (TPSA) is 59.6 Å². The van der Waals surface area contributed by atoms with Gasteiger partial charge in [-0.1, -0.05) is 6.07 Å².